The van der Waals surface area contributed by atoms with Gasteiger partial charge in [0.2, 0.25) is 11.8 Å². The molecule has 13 fully saturated rings. The maximum absolute atomic E-state index is 12.1. The van der Waals surface area contributed by atoms with E-state index in [1.165, 1.54) is 221 Å². The van der Waals surface area contributed by atoms with Crippen molar-refractivity contribution in [3.05, 3.63) is 0 Å². The molecule has 2 atom stereocenters. The number of amides is 2. The van der Waals surface area contributed by atoms with Crippen molar-refractivity contribution in [2.24, 2.45) is 41.4 Å². The van der Waals surface area contributed by atoms with Gasteiger partial charge in [-0.3, -0.25) is 48.8 Å². The molecule has 4 N–H and O–H groups in total. The number of hydrogen-bond donors (Lipinski definition) is 4. The number of halogens is 2. The molecular formula is C106H225F2N19O5. The van der Waals surface area contributed by atoms with E-state index < -0.39 is 5.92 Å². The first-order chi connectivity index (χ1) is 62.3. The number of likely N-dealkylation sites (tertiary alicyclic amines) is 6. The minimum absolute atomic E-state index is 0.0509. The second-order valence-electron chi connectivity index (χ2n) is 44.2. The molecule has 13 saturated heterocycles. The number of hydrogen-bond acceptors (Lipinski definition) is 22. The van der Waals surface area contributed by atoms with E-state index in [4.69, 9.17) is 14.6 Å². The normalized spacial score (nSPS) is 23.5. The minimum Gasteiger partial charge on any atom is -0.395 e. The van der Waals surface area contributed by atoms with Crippen LogP contribution in [0.2, 0.25) is 0 Å². The fraction of sp³-hybridized carbons (Fsp3) is 0.981. The number of β-amino-alcohol motifs (C(OH)–C–C–N with tert-alkyl or cyclic N) is 1. The lowest BCUT2D eigenvalue weighted by molar-refractivity contribution is -0.141. The first-order valence-corrected chi connectivity index (χ1v) is 54.3. The molecule has 2 amide bonds. The predicted molar refractivity (Wildman–Crippen MR) is 563 cm³/mol. The lowest BCUT2D eigenvalue weighted by atomic mass is 9.91. The molecule has 0 aromatic heterocycles. The zero-order valence-electron chi connectivity index (χ0n) is 93.0. The summed E-state index contributed by atoms with van der Waals surface area (Å²) in [5.74, 6) is 3.15. The molecule has 0 aliphatic carbocycles. The molecule has 13 aliphatic rings. The molecule has 0 saturated carbocycles. The van der Waals surface area contributed by atoms with Crippen LogP contribution in [-0.2, 0) is 19.1 Å². The van der Waals surface area contributed by atoms with Crippen LogP contribution in [0, 0.1) is 41.4 Å². The number of ether oxygens (including phenoxy) is 2. The number of carbonyl (C=O) groups is 2. The highest BCUT2D eigenvalue weighted by Gasteiger charge is 2.44. The average Bonchev–Trinajstić information content (AvgIpc) is 0.811. The van der Waals surface area contributed by atoms with Gasteiger partial charge in [-0.1, -0.05) is 74.7 Å². The quantitative estimate of drug-likeness (QED) is 0.0764. The van der Waals surface area contributed by atoms with Crippen molar-refractivity contribution in [1.29, 1.82) is 0 Å². The summed E-state index contributed by atoms with van der Waals surface area (Å²) < 4.78 is 35.0. The van der Waals surface area contributed by atoms with E-state index in [0.29, 0.717) is 24.8 Å². The van der Waals surface area contributed by atoms with Crippen LogP contribution in [0.15, 0.2) is 0 Å². The second-order valence-corrected chi connectivity index (χ2v) is 44.2. The number of carbonyl (C=O) groups excluding carboxylic acids is 2. The molecule has 0 bridgehead atoms. The first-order valence-electron chi connectivity index (χ1n) is 54.3. The van der Waals surface area contributed by atoms with Gasteiger partial charge in [-0.2, -0.15) is 0 Å². The Morgan fingerprint density at radius 1 is 0.409 bits per heavy atom. The molecule has 2 unspecified atom stereocenters. The summed E-state index contributed by atoms with van der Waals surface area (Å²) in [7, 11) is 13.0. The Balaban J connectivity index is 0.000000718. The number of rotatable bonds is 23. The Kier molecular flexibility index (Phi) is 72.6. The van der Waals surface area contributed by atoms with E-state index in [1.807, 2.05) is 41.5 Å². The van der Waals surface area contributed by atoms with Crippen LogP contribution in [0.1, 0.15) is 263 Å². The van der Waals surface area contributed by atoms with Crippen LogP contribution < -0.4 is 16.0 Å². The van der Waals surface area contributed by atoms with E-state index in [2.05, 4.69) is 270 Å². The van der Waals surface area contributed by atoms with Gasteiger partial charge in [0.05, 0.1) is 32.4 Å². The molecule has 788 valence electrons. The summed E-state index contributed by atoms with van der Waals surface area (Å²) in [6.07, 6.45) is 17.0. The zero-order valence-corrected chi connectivity index (χ0v) is 93.0. The fourth-order valence-corrected chi connectivity index (χ4v) is 17.8. The number of nitrogens with one attached hydrogen (secondary N) is 3. The monoisotopic (exact) mass is 1880 g/mol. The summed E-state index contributed by atoms with van der Waals surface area (Å²) in [4.78, 5) is 61.3. The minimum atomic E-state index is -2.40. The lowest BCUT2D eigenvalue weighted by Gasteiger charge is -2.41. The fourth-order valence-electron chi connectivity index (χ4n) is 17.8. The Labute approximate surface area is 817 Å². The number of likely N-dealkylation sites (N-methyl/N-ethyl adjacent to an activating group) is 3. The van der Waals surface area contributed by atoms with Crippen molar-refractivity contribution in [3.8, 4) is 0 Å². The Hall–Kier alpha value is -2.00. The highest BCUT2D eigenvalue weighted by Crippen LogP contribution is 2.28. The van der Waals surface area contributed by atoms with Crippen LogP contribution in [0.4, 0.5) is 8.78 Å². The van der Waals surface area contributed by atoms with Crippen molar-refractivity contribution in [2.45, 2.75) is 330 Å². The summed E-state index contributed by atoms with van der Waals surface area (Å²) >= 11 is 0. The maximum Gasteiger partial charge on any atom is 0.272 e. The van der Waals surface area contributed by atoms with Gasteiger partial charge in [-0.25, -0.2) is 8.78 Å². The smallest absolute Gasteiger partial charge is 0.272 e. The van der Waals surface area contributed by atoms with Crippen LogP contribution >= 0.6 is 0 Å². The molecule has 0 radical (unpaired) electrons. The summed E-state index contributed by atoms with van der Waals surface area (Å²) in [6.45, 7) is 102. The van der Waals surface area contributed by atoms with Gasteiger partial charge in [0.15, 0.2) is 0 Å². The van der Waals surface area contributed by atoms with E-state index in [-0.39, 0.29) is 48.8 Å². The maximum atomic E-state index is 12.1. The highest BCUT2D eigenvalue weighted by atomic mass is 19.3. The molecule has 0 spiro atoms. The molecular weight excluding hydrogens is 1660 g/mol. The van der Waals surface area contributed by atoms with E-state index in [0.717, 1.165) is 171 Å². The van der Waals surface area contributed by atoms with Gasteiger partial charge >= 0.3 is 0 Å². The second kappa shape index (κ2) is 74.9. The molecule has 24 nitrogen and oxygen atoms in total. The molecule has 13 heterocycles. The number of aliphatic hydroxyl groups excluding tert-OH is 1. The standard InChI is InChI=1S/C10H22N2O.2C10H20N2O.C10H22N2.C9H20N2O.C9H20N2.C8H18N2.2C8H17N.C7H14O.C6H11F2N.C6H13N.C5H11N/c1-10(2)13-9-8-12-6-4-11(3)5-7-12;1-8(2)11-10(13)9-4-6-12(3)7-5-9;1-8(2)10(13)11-9-4-6-12(3)7-5-9;1-9(2)11-5-7-12(8-6-11)10(3)4;1-9(2)11-5-3-10(4-6-11)7-8-12;1-4-10-5-7-11(8-6-10)9(2)3;1-8(2)10-6-4-9(3)5-7-10;1-7(2)4-8-5-9(3)6-8;1-3-8-5-4-6-9(2)7-8;1-2-7-4-3-5-8-6-7;1-5(2)9-3-6(7,8)4-9;1-6(2)7-4-3-5-7;1-2-5-3-6-4-5/h10H,4-9H2,1-3H3;2*8-9H,4-7H2,1-3H3,(H,11,13);9-10H,5-8H2,1-4H3;9,12H,3-8H2,1-2H3;9H,4-8H2,1-3H3;8H,4-7H2,1-3H3;7-8H,4-6H2,1-3H3;8H,3-7H2,1-2H3;7H,2-6H2,1H3;5H,3-4H2,1-2H3;6H,3-5H2,1-2H3;5-6H,2-4H2,1H3. The molecule has 0 aromatic carbocycles. The Morgan fingerprint density at radius 2 is 0.788 bits per heavy atom. The number of aliphatic hydroxyl groups is 1. The van der Waals surface area contributed by atoms with E-state index in [9.17, 15) is 18.4 Å². The van der Waals surface area contributed by atoms with Gasteiger partial charge < -0.3 is 69.7 Å². The Bertz CT molecular complexity index is 2610. The third-order valence-electron chi connectivity index (χ3n) is 28.5. The molecule has 132 heavy (non-hydrogen) atoms. The van der Waals surface area contributed by atoms with Crippen LogP contribution in [0.5, 0.6) is 0 Å². The van der Waals surface area contributed by atoms with Crippen LogP contribution in [0.25, 0.3) is 0 Å². The molecule has 13 rings (SSSR count). The average molecular weight is 1880 g/mol. The summed E-state index contributed by atoms with van der Waals surface area (Å²) in [6, 6.07) is 5.30. The summed E-state index contributed by atoms with van der Waals surface area (Å²) in [5, 5.41) is 18.0. The van der Waals surface area contributed by atoms with Crippen LogP contribution in [0.3, 0.4) is 0 Å². The molecule has 26 heteroatoms. The number of alkyl halides is 2. The van der Waals surface area contributed by atoms with Gasteiger partial charge in [0.1, 0.15) is 0 Å². The lowest BCUT2D eigenvalue weighted by Crippen LogP contribution is -2.58. The van der Waals surface area contributed by atoms with Gasteiger partial charge in [0.25, 0.3) is 5.92 Å². The summed E-state index contributed by atoms with van der Waals surface area (Å²) in [5.41, 5.74) is 0. The highest BCUT2D eigenvalue weighted by molar-refractivity contribution is 5.79. The third kappa shape index (κ3) is 63.0. The van der Waals surface area contributed by atoms with Gasteiger partial charge in [-0.05, 0) is 326 Å². The number of nitrogens with zero attached hydrogens (tertiary/aromatic N) is 16. The van der Waals surface area contributed by atoms with E-state index in [1.54, 1.807) is 4.90 Å². The predicted octanol–water partition coefficient (Wildman–Crippen LogP) is 13.7. The van der Waals surface area contributed by atoms with Crippen molar-refractivity contribution in [1.82, 2.24) is 94.3 Å². The SMILES string of the molecule is CC(C)C(=O)NC1CCN(C)CC1.CC(C)CC1CN(C)C1.CC(C)N1CC(F)(F)C1.CC(C)N1CCC1.CC(C)N1CCN(C(C)C)CC1.CC(C)N1CCN(C)CC1.CC(C)N1CCN(CCO)CC1.CC(C)NC(=O)C1CCN(C)CC1.CC(C)OCCN1CCN(C)CC1.CCC1CCCN(C)C1.CCC1CCCOC1.CCC1CNC1.CCN1CCN(C(C)C)CC1. The van der Waals surface area contributed by atoms with Crippen molar-refractivity contribution in [2.75, 3.05) is 311 Å². The number of piperidine rings is 3. The molecule has 0 aromatic rings. The van der Waals surface area contributed by atoms with Gasteiger partial charge in [-0.15, -0.1) is 0 Å². The van der Waals surface area contributed by atoms with Crippen molar-refractivity contribution >= 4 is 11.8 Å². The van der Waals surface area contributed by atoms with Gasteiger partial charge in [0, 0.05) is 243 Å². The van der Waals surface area contributed by atoms with Crippen LogP contribution in [-0.4, -0.2) is 473 Å². The largest absolute Gasteiger partial charge is 0.395 e. The third-order valence-corrected chi connectivity index (χ3v) is 28.5. The first kappa shape index (κ1) is 128. The number of piperazine rings is 5. The molecule has 13 aliphatic heterocycles. The van der Waals surface area contributed by atoms with Crippen molar-refractivity contribution in [3.63, 3.8) is 0 Å². The zero-order chi connectivity index (χ0) is 99.4. The topological polar surface area (TPSA) is 161 Å². The van der Waals surface area contributed by atoms with E-state index >= 15 is 0 Å². The Morgan fingerprint density at radius 3 is 1.08 bits per heavy atom. The van der Waals surface area contributed by atoms with Crippen molar-refractivity contribution < 1.29 is 33.0 Å².